The number of imidazole rings is 1. The summed E-state index contributed by atoms with van der Waals surface area (Å²) in [6.45, 7) is 0. The average molecular weight is 478 g/mol. The summed E-state index contributed by atoms with van der Waals surface area (Å²) in [5, 5.41) is 23.2. The van der Waals surface area contributed by atoms with Gasteiger partial charge in [-0.05, 0) is 36.4 Å². The maximum Gasteiger partial charge on any atom is 0.411 e. The number of anilines is 2. The molecule has 34 heavy (non-hydrogen) atoms. The molecule has 11 heteroatoms. The maximum absolute atomic E-state index is 13.5. The second kappa shape index (κ2) is 7.40. The molecule has 172 valence electrons. The van der Waals surface area contributed by atoms with Crippen LogP contribution < -0.4 is 10.2 Å². The lowest BCUT2D eigenvalue weighted by atomic mass is 9.93. The van der Waals surface area contributed by atoms with Gasteiger partial charge in [0.2, 0.25) is 5.95 Å². The van der Waals surface area contributed by atoms with Gasteiger partial charge in [-0.2, -0.15) is 0 Å². The minimum Gasteiger partial charge on any atom is -0.465 e. The zero-order valence-corrected chi connectivity index (χ0v) is 18.5. The van der Waals surface area contributed by atoms with E-state index in [4.69, 9.17) is 5.11 Å². The Hall–Kier alpha value is -4.22. The zero-order chi connectivity index (χ0) is 24.3. The van der Waals surface area contributed by atoms with E-state index in [2.05, 4.69) is 15.3 Å². The molecule has 1 atom stereocenters. The number of carbonyl (C=O) groups is 2. The van der Waals surface area contributed by atoms with Crippen molar-refractivity contribution in [3.63, 3.8) is 0 Å². The molecule has 3 aromatic carbocycles. The number of H-pyrrole nitrogens is 1. The number of aromatic nitrogens is 2. The molecule has 1 unspecified atom stereocenters. The third-order valence-corrected chi connectivity index (χ3v) is 6.78. The molecule has 4 N–H and O–H groups in total. The first kappa shape index (κ1) is 21.6. The van der Waals surface area contributed by atoms with E-state index in [0.29, 0.717) is 16.6 Å². The van der Waals surface area contributed by atoms with Crippen LogP contribution in [0.15, 0.2) is 71.6 Å². The highest BCUT2D eigenvalue weighted by Gasteiger charge is 2.50. The van der Waals surface area contributed by atoms with Gasteiger partial charge in [0, 0.05) is 28.6 Å². The summed E-state index contributed by atoms with van der Waals surface area (Å²) in [4.78, 5) is 32.6. The number of benzene rings is 3. The van der Waals surface area contributed by atoms with E-state index in [1.807, 2.05) is 0 Å². The third-order valence-electron chi connectivity index (χ3n) is 5.67. The molecule has 10 nitrogen and oxygen atoms in total. The van der Waals surface area contributed by atoms with Crippen LogP contribution in [0.25, 0.3) is 11.0 Å². The smallest absolute Gasteiger partial charge is 0.411 e. The highest BCUT2D eigenvalue weighted by atomic mass is 32.2. The van der Waals surface area contributed by atoms with Crippen LogP contribution in [0.2, 0.25) is 0 Å². The maximum atomic E-state index is 13.5. The van der Waals surface area contributed by atoms with Crippen molar-refractivity contribution < 1.29 is 28.2 Å². The predicted octanol–water partition coefficient (Wildman–Crippen LogP) is 2.91. The minimum absolute atomic E-state index is 0.00301. The lowest BCUT2D eigenvalue weighted by Crippen LogP contribution is -2.45. The Kier molecular flexibility index (Phi) is 4.71. The second-order valence-electron chi connectivity index (χ2n) is 7.88. The molecular weight excluding hydrogens is 460 g/mol. The average Bonchev–Trinajstić information content (AvgIpc) is 3.29. The van der Waals surface area contributed by atoms with Gasteiger partial charge in [-0.3, -0.25) is 15.0 Å². The van der Waals surface area contributed by atoms with Gasteiger partial charge in [0.1, 0.15) is 0 Å². The molecule has 0 radical (unpaired) electrons. The summed E-state index contributed by atoms with van der Waals surface area (Å²) in [5.74, 6) is -0.494. The molecule has 0 spiro atoms. The summed E-state index contributed by atoms with van der Waals surface area (Å²) < 4.78 is 24.3. The van der Waals surface area contributed by atoms with Gasteiger partial charge in [0.15, 0.2) is 15.6 Å². The Morgan fingerprint density at radius 2 is 1.85 bits per heavy atom. The van der Waals surface area contributed by atoms with E-state index in [1.54, 1.807) is 48.5 Å². The number of aliphatic hydroxyl groups is 1. The molecule has 5 rings (SSSR count). The fourth-order valence-electron chi connectivity index (χ4n) is 4.19. The van der Waals surface area contributed by atoms with E-state index in [0.717, 1.165) is 11.2 Å². The summed E-state index contributed by atoms with van der Waals surface area (Å²) in [7, 11) is -3.57. The van der Waals surface area contributed by atoms with Crippen molar-refractivity contribution in [1.82, 2.24) is 9.97 Å². The van der Waals surface area contributed by atoms with Gasteiger partial charge in [0.25, 0.3) is 5.91 Å². The number of nitrogens with zero attached hydrogens (tertiary/aromatic N) is 2. The topological polar surface area (TPSA) is 153 Å². The number of nitrogens with one attached hydrogen (secondary N) is 2. The molecular formula is C23H18N4O6S. The van der Waals surface area contributed by atoms with Crippen molar-refractivity contribution >= 4 is 44.5 Å². The van der Waals surface area contributed by atoms with Crippen LogP contribution >= 0.6 is 0 Å². The molecule has 2 heterocycles. The van der Waals surface area contributed by atoms with Gasteiger partial charge in [-0.25, -0.2) is 18.2 Å². The second-order valence-corrected chi connectivity index (χ2v) is 9.89. The molecule has 0 aliphatic carbocycles. The Morgan fingerprint density at radius 1 is 1.09 bits per heavy atom. The standard InChI is InChI=1S/C23H18N4O6S/c1-34(32,33)15-6-4-5-14(12-15)27-20(28)16-7-2-3-8-17(16)23(27,31)13-9-10-18-19(11-13)25-21(24-18)26-22(29)30/h2-12,31H,1H3,(H,29,30)(H2,24,25,26). The van der Waals surface area contributed by atoms with Crippen molar-refractivity contribution in [2.24, 2.45) is 0 Å². The van der Waals surface area contributed by atoms with Crippen LogP contribution in [-0.4, -0.2) is 46.9 Å². The highest BCUT2D eigenvalue weighted by Crippen LogP contribution is 2.45. The third kappa shape index (κ3) is 3.29. The normalized spacial score (nSPS) is 17.7. The molecule has 0 bridgehead atoms. The van der Waals surface area contributed by atoms with Crippen LogP contribution in [0.1, 0.15) is 21.5 Å². The predicted molar refractivity (Wildman–Crippen MR) is 124 cm³/mol. The van der Waals surface area contributed by atoms with Crippen LogP contribution in [0.5, 0.6) is 0 Å². The first-order valence-electron chi connectivity index (χ1n) is 10.1. The van der Waals surface area contributed by atoms with E-state index < -0.39 is 27.6 Å². The number of sulfone groups is 1. The van der Waals surface area contributed by atoms with Gasteiger partial charge < -0.3 is 15.2 Å². The molecule has 1 aliphatic rings. The van der Waals surface area contributed by atoms with Crippen LogP contribution in [0, 0.1) is 0 Å². The Morgan fingerprint density at radius 3 is 2.59 bits per heavy atom. The number of hydrogen-bond acceptors (Lipinski definition) is 6. The number of amides is 2. The van der Waals surface area contributed by atoms with E-state index in [1.165, 1.54) is 18.2 Å². The number of hydrogen-bond donors (Lipinski definition) is 4. The van der Waals surface area contributed by atoms with Gasteiger partial charge in [-0.1, -0.05) is 30.3 Å². The van der Waals surface area contributed by atoms with Gasteiger partial charge >= 0.3 is 6.09 Å². The van der Waals surface area contributed by atoms with Crippen LogP contribution in [-0.2, 0) is 15.6 Å². The minimum atomic E-state index is -3.57. The van der Waals surface area contributed by atoms with Gasteiger partial charge in [-0.15, -0.1) is 0 Å². The molecule has 0 saturated carbocycles. The van der Waals surface area contributed by atoms with Crippen LogP contribution in [0.4, 0.5) is 16.4 Å². The number of rotatable bonds is 4. The summed E-state index contributed by atoms with van der Waals surface area (Å²) in [5.41, 5.74) is -0.0279. The molecule has 0 fully saturated rings. The van der Waals surface area contributed by atoms with Gasteiger partial charge in [0.05, 0.1) is 15.9 Å². The molecule has 4 aromatic rings. The van der Waals surface area contributed by atoms with Crippen molar-refractivity contribution in [2.75, 3.05) is 16.5 Å². The number of fused-ring (bicyclic) bond motifs is 2. The quantitative estimate of drug-likeness (QED) is 0.352. The van der Waals surface area contributed by atoms with Crippen molar-refractivity contribution in [3.05, 3.63) is 83.4 Å². The molecule has 1 aromatic heterocycles. The van der Waals surface area contributed by atoms with Crippen molar-refractivity contribution in [1.29, 1.82) is 0 Å². The summed E-state index contributed by atoms with van der Waals surface area (Å²) in [6.07, 6.45) is -0.224. The SMILES string of the molecule is CS(=O)(=O)c1cccc(N2C(=O)c3ccccc3C2(O)c2ccc3[nH]c(NC(=O)O)nc3c2)c1. The monoisotopic (exact) mass is 478 g/mol. The lowest BCUT2D eigenvalue weighted by Gasteiger charge is -2.35. The lowest BCUT2D eigenvalue weighted by molar-refractivity contribution is 0.0703. The summed E-state index contributed by atoms with van der Waals surface area (Å²) >= 11 is 0. The summed E-state index contributed by atoms with van der Waals surface area (Å²) in [6, 6.07) is 17.1. The number of carbonyl (C=O) groups excluding carboxylic acids is 1. The van der Waals surface area contributed by atoms with Crippen molar-refractivity contribution in [2.45, 2.75) is 10.6 Å². The first-order chi connectivity index (χ1) is 16.1. The molecule has 0 saturated heterocycles. The Balaban J connectivity index is 1.72. The Bertz CT molecular complexity index is 1600. The van der Waals surface area contributed by atoms with Crippen LogP contribution in [0.3, 0.4) is 0 Å². The van der Waals surface area contributed by atoms with E-state index in [9.17, 15) is 23.1 Å². The number of aromatic amines is 1. The number of carboxylic acid groups (broad SMARTS) is 1. The van der Waals surface area contributed by atoms with Crippen molar-refractivity contribution in [3.8, 4) is 0 Å². The van der Waals surface area contributed by atoms with E-state index in [-0.39, 0.29) is 27.7 Å². The largest absolute Gasteiger partial charge is 0.465 e. The fourth-order valence-corrected chi connectivity index (χ4v) is 4.85. The Labute approximate surface area is 193 Å². The zero-order valence-electron chi connectivity index (χ0n) is 17.7. The highest BCUT2D eigenvalue weighted by molar-refractivity contribution is 7.90. The molecule has 2 amide bonds. The first-order valence-corrected chi connectivity index (χ1v) is 11.9. The fraction of sp³-hybridized carbons (Fsp3) is 0.0870. The van der Waals surface area contributed by atoms with E-state index >= 15 is 0 Å². The molecule has 1 aliphatic heterocycles.